The second-order valence-electron chi connectivity index (χ2n) is 8.54. The fourth-order valence-electron chi connectivity index (χ4n) is 4.89. The van der Waals surface area contributed by atoms with E-state index in [9.17, 15) is 4.79 Å². The number of benzene rings is 1. The molecular weight excluding hydrogens is 392 g/mol. The van der Waals surface area contributed by atoms with E-state index in [1.54, 1.807) is 11.3 Å². The minimum absolute atomic E-state index is 0.166. The lowest BCUT2D eigenvalue weighted by Crippen LogP contribution is -2.48. The third kappa shape index (κ3) is 3.46. The van der Waals surface area contributed by atoms with E-state index in [0.29, 0.717) is 6.54 Å². The van der Waals surface area contributed by atoms with Gasteiger partial charge in [0.1, 0.15) is 4.83 Å². The summed E-state index contributed by atoms with van der Waals surface area (Å²) in [6.07, 6.45) is 4.56. The summed E-state index contributed by atoms with van der Waals surface area (Å²) in [7, 11) is 0. The Kier molecular flexibility index (Phi) is 5.37. The first kappa shape index (κ1) is 19.8. The molecule has 0 saturated carbocycles. The van der Waals surface area contributed by atoms with Gasteiger partial charge in [-0.2, -0.15) is 0 Å². The van der Waals surface area contributed by atoms with Gasteiger partial charge in [0.15, 0.2) is 0 Å². The average molecular weight is 423 g/mol. The summed E-state index contributed by atoms with van der Waals surface area (Å²) in [6, 6.07) is 8.64. The summed E-state index contributed by atoms with van der Waals surface area (Å²) in [5.74, 6) is 0.865. The van der Waals surface area contributed by atoms with Gasteiger partial charge in [0.25, 0.3) is 5.56 Å². The van der Waals surface area contributed by atoms with Crippen LogP contribution in [0.1, 0.15) is 41.3 Å². The fraction of sp³-hybridized carbons (Fsp3) is 0.500. The predicted molar refractivity (Wildman–Crippen MR) is 125 cm³/mol. The van der Waals surface area contributed by atoms with Crippen LogP contribution in [-0.4, -0.2) is 40.6 Å². The number of rotatable bonds is 4. The number of thiophene rings is 1. The van der Waals surface area contributed by atoms with Gasteiger partial charge in [-0.3, -0.25) is 14.3 Å². The first-order chi connectivity index (χ1) is 14.7. The molecule has 5 rings (SSSR count). The molecule has 3 aromatic rings. The zero-order chi connectivity index (χ0) is 20.7. The molecule has 0 amide bonds. The summed E-state index contributed by atoms with van der Waals surface area (Å²) in [5.41, 5.74) is 4.21. The largest absolute Gasteiger partial charge is 0.340 e. The van der Waals surface area contributed by atoms with E-state index in [2.05, 4.69) is 47.9 Å². The summed E-state index contributed by atoms with van der Waals surface area (Å²) in [5, 5.41) is 0.901. The first-order valence-electron chi connectivity index (χ1n) is 11.2. The lowest BCUT2D eigenvalue weighted by atomic mass is 9.97. The summed E-state index contributed by atoms with van der Waals surface area (Å²) in [4.78, 5) is 25.6. The van der Waals surface area contributed by atoms with E-state index >= 15 is 0 Å². The number of aryl methyl sites for hydroxylation is 3. The fourth-order valence-corrected chi connectivity index (χ4v) is 6.14. The molecular formula is C24H30N4OS. The van der Waals surface area contributed by atoms with Crippen molar-refractivity contribution in [2.24, 2.45) is 0 Å². The van der Waals surface area contributed by atoms with Crippen molar-refractivity contribution in [3.8, 4) is 0 Å². The molecule has 0 unspecified atom stereocenters. The van der Waals surface area contributed by atoms with Crippen LogP contribution in [0.25, 0.3) is 10.2 Å². The molecule has 3 heterocycles. The van der Waals surface area contributed by atoms with Gasteiger partial charge in [-0.25, -0.2) is 4.98 Å². The maximum atomic E-state index is 13.4. The normalized spacial score (nSPS) is 17.5. The van der Waals surface area contributed by atoms with Crippen molar-refractivity contribution in [1.29, 1.82) is 0 Å². The highest BCUT2D eigenvalue weighted by Crippen LogP contribution is 2.34. The summed E-state index contributed by atoms with van der Waals surface area (Å²) < 4.78 is 1.90. The van der Waals surface area contributed by atoms with Crippen LogP contribution in [0.15, 0.2) is 29.1 Å². The number of fused-ring (bicyclic) bond motifs is 3. The zero-order valence-electron chi connectivity index (χ0n) is 18.0. The highest BCUT2D eigenvalue weighted by Gasteiger charge is 2.25. The molecule has 1 aromatic carbocycles. The van der Waals surface area contributed by atoms with Crippen molar-refractivity contribution in [3.63, 3.8) is 0 Å². The molecule has 30 heavy (non-hydrogen) atoms. The Morgan fingerprint density at radius 1 is 1.07 bits per heavy atom. The first-order valence-corrected chi connectivity index (χ1v) is 12.0. The molecule has 5 nitrogen and oxygen atoms in total. The van der Waals surface area contributed by atoms with Crippen LogP contribution in [0.5, 0.6) is 0 Å². The van der Waals surface area contributed by atoms with Crippen LogP contribution < -0.4 is 10.5 Å². The molecule has 1 fully saturated rings. The van der Waals surface area contributed by atoms with Gasteiger partial charge in [0.2, 0.25) is 5.95 Å². The maximum absolute atomic E-state index is 13.4. The smallest absolute Gasteiger partial charge is 0.263 e. The van der Waals surface area contributed by atoms with Crippen molar-refractivity contribution in [3.05, 3.63) is 56.2 Å². The van der Waals surface area contributed by atoms with Crippen LogP contribution in [0, 0.1) is 6.92 Å². The van der Waals surface area contributed by atoms with Crippen molar-refractivity contribution in [2.75, 3.05) is 31.1 Å². The van der Waals surface area contributed by atoms with E-state index < -0.39 is 0 Å². The van der Waals surface area contributed by atoms with E-state index in [0.717, 1.165) is 61.7 Å². The van der Waals surface area contributed by atoms with E-state index in [1.807, 2.05) is 4.57 Å². The van der Waals surface area contributed by atoms with E-state index in [4.69, 9.17) is 4.98 Å². The predicted octanol–water partition coefficient (Wildman–Crippen LogP) is 3.99. The lowest BCUT2D eigenvalue weighted by Gasteiger charge is -2.36. The van der Waals surface area contributed by atoms with Crippen LogP contribution in [0.2, 0.25) is 0 Å². The van der Waals surface area contributed by atoms with Crippen molar-refractivity contribution in [1.82, 2.24) is 14.5 Å². The third-order valence-corrected chi connectivity index (χ3v) is 7.87. The minimum atomic E-state index is 0.166. The van der Waals surface area contributed by atoms with Gasteiger partial charge in [-0.15, -0.1) is 11.3 Å². The molecule has 158 valence electrons. The number of nitrogens with zero attached hydrogens (tertiary/aromatic N) is 4. The second kappa shape index (κ2) is 8.16. The molecule has 0 atom stereocenters. The number of aromatic nitrogens is 2. The molecule has 1 aliphatic heterocycles. The van der Waals surface area contributed by atoms with E-state index in [-0.39, 0.29) is 5.56 Å². The number of piperazine rings is 1. The highest BCUT2D eigenvalue weighted by molar-refractivity contribution is 7.18. The second-order valence-corrected chi connectivity index (χ2v) is 9.63. The van der Waals surface area contributed by atoms with Crippen molar-refractivity contribution < 1.29 is 0 Å². The molecule has 0 N–H and O–H groups in total. The van der Waals surface area contributed by atoms with E-state index in [1.165, 1.54) is 34.4 Å². The maximum Gasteiger partial charge on any atom is 0.263 e. The molecule has 1 saturated heterocycles. The average Bonchev–Trinajstić information content (AvgIpc) is 3.14. The molecule has 0 bridgehead atoms. The Hall–Kier alpha value is -2.18. The van der Waals surface area contributed by atoms with Gasteiger partial charge < -0.3 is 4.90 Å². The van der Waals surface area contributed by atoms with Crippen LogP contribution >= 0.6 is 11.3 Å². The summed E-state index contributed by atoms with van der Waals surface area (Å²) >= 11 is 1.75. The number of anilines is 1. The van der Waals surface area contributed by atoms with Crippen LogP contribution in [-0.2, 0) is 25.9 Å². The molecule has 6 heteroatoms. The number of hydrogen-bond acceptors (Lipinski definition) is 5. The number of hydrogen-bond donors (Lipinski definition) is 0. The Morgan fingerprint density at radius 3 is 2.60 bits per heavy atom. The molecule has 0 spiro atoms. The molecule has 0 radical (unpaired) electrons. The Morgan fingerprint density at radius 2 is 1.83 bits per heavy atom. The Labute approximate surface area is 182 Å². The van der Waals surface area contributed by atoms with Gasteiger partial charge >= 0.3 is 0 Å². The SMILES string of the molecule is CCn1c(N2CCN(Cc3ccccc3C)CC2)nc2sc3c(c2c1=O)CCCC3. The highest BCUT2D eigenvalue weighted by atomic mass is 32.1. The van der Waals surface area contributed by atoms with Crippen molar-refractivity contribution in [2.45, 2.75) is 52.6 Å². The third-order valence-electron chi connectivity index (χ3n) is 6.68. The van der Waals surface area contributed by atoms with Crippen molar-refractivity contribution >= 4 is 27.5 Å². The Bertz CT molecular complexity index is 1120. The summed E-state index contributed by atoms with van der Waals surface area (Å²) in [6.45, 7) is 9.72. The minimum Gasteiger partial charge on any atom is -0.340 e. The van der Waals surface area contributed by atoms with Gasteiger partial charge in [0.05, 0.1) is 5.39 Å². The van der Waals surface area contributed by atoms with Gasteiger partial charge in [-0.1, -0.05) is 24.3 Å². The molecule has 1 aliphatic carbocycles. The topological polar surface area (TPSA) is 41.4 Å². The molecule has 2 aliphatic rings. The molecule has 2 aromatic heterocycles. The van der Waals surface area contributed by atoms with Crippen LogP contribution in [0.3, 0.4) is 0 Å². The Balaban J connectivity index is 1.40. The monoisotopic (exact) mass is 422 g/mol. The quantitative estimate of drug-likeness (QED) is 0.638. The van der Waals surface area contributed by atoms with Gasteiger partial charge in [0, 0.05) is 44.1 Å². The van der Waals surface area contributed by atoms with Crippen LogP contribution in [0.4, 0.5) is 5.95 Å². The standard InChI is InChI=1S/C24H30N4OS/c1-3-28-23(29)21-19-10-6-7-11-20(19)30-22(21)25-24(28)27-14-12-26(13-15-27)16-18-9-5-4-8-17(18)2/h4-5,8-9H,3,6-7,10-16H2,1-2H3. The zero-order valence-corrected chi connectivity index (χ0v) is 18.8. The van der Waals surface area contributed by atoms with Gasteiger partial charge in [-0.05, 0) is 56.2 Å². The lowest BCUT2D eigenvalue weighted by molar-refractivity contribution is 0.247.